The zero-order valence-corrected chi connectivity index (χ0v) is 13.4. The van der Waals surface area contributed by atoms with Gasteiger partial charge in [0, 0.05) is 24.8 Å². The first-order valence-corrected chi connectivity index (χ1v) is 7.44. The lowest BCUT2D eigenvalue weighted by atomic mass is 9.97. The molecule has 0 radical (unpaired) electrons. The third-order valence-electron chi connectivity index (χ3n) is 3.70. The van der Waals surface area contributed by atoms with Crippen molar-refractivity contribution in [2.24, 2.45) is 0 Å². The Morgan fingerprint density at radius 2 is 2.24 bits per heavy atom. The molecule has 1 aromatic heterocycles. The lowest BCUT2D eigenvalue weighted by Crippen LogP contribution is -2.35. The molecule has 1 unspecified atom stereocenters. The van der Waals surface area contributed by atoms with E-state index in [0.29, 0.717) is 6.54 Å². The Morgan fingerprint density at radius 1 is 1.43 bits per heavy atom. The van der Waals surface area contributed by atoms with Gasteiger partial charge in [-0.1, -0.05) is 12.1 Å². The molecule has 0 saturated heterocycles. The molecule has 0 fully saturated rings. The second-order valence-corrected chi connectivity index (χ2v) is 5.79. The average molecular weight is 350 g/mol. The maximum atomic E-state index is 11.6. The highest BCUT2D eigenvalue weighted by atomic mass is 79.9. The summed E-state index contributed by atoms with van der Waals surface area (Å²) in [4.78, 5) is 13.3. The van der Waals surface area contributed by atoms with Gasteiger partial charge in [-0.25, -0.2) is 4.79 Å². The van der Waals surface area contributed by atoms with Gasteiger partial charge in [-0.15, -0.1) is 0 Å². The molecule has 2 N–H and O–H groups in total. The van der Waals surface area contributed by atoms with Gasteiger partial charge >= 0.3 is 6.03 Å². The van der Waals surface area contributed by atoms with Crippen LogP contribution >= 0.6 is 15.9 Å². The van der Waals surface area contributed by atoms with E-state index in [1.54, 1.807) is 18.2 Å². The summed E-state index contributed by atoms with van der Waals surface area (Å²) < 4.78 is 6.05. The predicted octanol–water partition coefficient (Wildman–Crippen LogP) is 3.33. The molecule has 0 saturated carbocycles. The van der Waals surface area contributed by atoms with Crippen molar-refractivity contribution in [3.63, 3.8) is 0 Å². The third kappa shape index (κ3) is 2.56. The molecule has 1 atom stereocenters. The van der Waals surface area contributed by atoms with E-state index in [-0.39, 0.29) is 12.1 Å². The van der Waals surface area contributed by atoms with Crippen molar-refractivity contribution in [2.45, 2.75) is 12.6 Å². The van der Waals surface area contributed by atoms with E-state index in [4.69, 9.17) is 4.42 Å². The Hall–Kier alpha value is -1.79. The average Bonchev–Trinajstić information content (AvgIpc) is 2.88. The Balaban J connectivity index is 1.98. The maximum Gasteiger partial charge on any atom is 0.321 e. The topological polar surface area (TPSA) is 57.5 Å². The highest BCUT2D eigenvalue weighted by Crippen LogP contribution is 2.32. The molecule has 110 valence electrons. The maximum absolute atomic E-state index is 11.6. The SMILES string of the molecule is CNC(c1ccc2c(c1)CN(C)C(=O)N2)c1ccoc1Br. The monoisotopic (exact) mass is 349 g/mol. The number of hydrogen-bond donors (Lipinski definition) is 2. The fourth-order valence-electron chi connectivity index (χ4n) is 2.60. The number of nitrogens with one attached hydrogen (secondary N) is 2. The van der Waals surface area contributed by atoms with Gasteiger partial charge in [-0.2, -0.15) is 0 Å². The number of carbonyl (C=O) groups excluding carboxylic acids is 1. The van der Waals surface area contributed by atoms with Gasteiger partial charge in [-0.3, -0.25) is 0 Å². The number of nitrogens with zero attached hydrogens (tertiary/aromatic N) is 1. The molecule has 2 aromatic rings. The van der Waals surface area contributed by atoms with Crippen LogP contribution in [0.5, 0.6) is 0 Å². The molecule has 0 spiro atoms. The molecule has 3 rings (SSSR count). The number of anilines is 1. The standard InChI is InChI=1S/C15H16BrN3O2/c1-17-13(11-5-6-21-14(11)16)9-3-4-12-10(7-9)8-19(2)15(20)18-12/h3-7,13,17H,8H2,1-2H3,(H,18,20). The second kappa shape index (κ2) is 5.54. The van der Waals surface area contributed by atoms with Crippen LogP contribution in [0.4, 0.5) is 10.5 Å². The van der Waals surface area contributed by atoms with E-state index in [1.807, 2.05) is 25.2 Å². The normalized spacial score (nSPS) is 15.6. The van der Waals surface area contributed by atoms with Crippen LogP contribution in [0.25, 0.3) is 0 Å². The van der Waals surface area contributed by atoms with E-state index in [0.717, 1.165) is 27.0 Å². The largest absolute Gasteiger partial charge is 0.457 e. The minimum Gasteiger partial charge on any atom is -0.457 e. The first-order chi connectivity index (χ1) is 10.1. The molecule has 0 aliphatic carbocycles. The number of hydrogen-bond acceptors (Lipinski definition) is 3. The van der Waals surface area contributed by atoms with Crippen molar-refractivity contribution in [3.8, 4) is 0 Å². The van der Waals surface area contributed by atoms with Gasteiger partial charge in [0.15, 0.2) is 4.67 Å². The summed E-state index contributed by atoms with van der Waals surface area (Å²) in [5.41, 5.74) is 4.16. The third-order valence-corrected chi connectivity index (χ3v) is 4.35. The fraction of sp³-hybridized carbons (Fsp3) is 0.267. The van der Waals surface area contributed by atoms with Gasteiger partial charge in [-0.05, 0) is 46.2 Å². The van der Waals surface area contributed by atoms with Gasteiger partial charge in [0.05, 0.1) is 12.3 Å². The number of furan rings is 1. The van der Waals surface area contributed by atoms with E-state index in [1.165, 1.54) is 0 Å². The number of carbonyl (C=O) groups is 1. The summed E-state index contributed by atoms with van der Waals surface area (Å²) in [6.45, 7) is 0.609. The smallest absolute Gasteiger partial charge is 0.321 e. The highest BCUT2D eigenvalue weighted by molar-refractivity contribution is 9.10. The Bertz CT molecular complexity index is 683. The number of amides is 2. The molecular formula is C15H16BrN3O2. The van der Waals surface area contributed by atoms with Gasteiger partial charge < -0.3 is 20.0 Å². The lowest BCUT2D eigenvalue weighted by molar-refractivity contribution is 0.218. The van der Waals surface area contributed by atoms with Crippen molar-refractivity contribution in [1.29, 1.82) is 0 Å². The van der Waals surface area contributed by atoms with Gasteiger partial charge in [0.25, 0.3) is 0 Å². The summed E-state index contributed by atoms with van der Waals surface area (Å²) in [6.07, 6.45) is 1.66. The minimum absolute atomic E-state index is 0.0337. The summed E-state index contributed by atoms with van der Waals surface area (Å²) in [5.74, 6) is 0. The van der Waals surface area contributed by atoms with E-state index in [9.17, 15) is 4.79 Å². The van der Waals surface area contributed by atoms with Crippen molar-refractivity contribution in [1.82, 2.24) is 10.2 Å². The first-order valence-electron chi connectivity index (χ1n) is 6.65. The Morgan fingerprint density at radius 3 is 2.90 bits per heavy atom. The molecular weight excluding hydrogens is 334 g/mol. The number of halogens is 1. The number of fused-ring (bicyclic) bond motifs is 1. The van der Waals surface area contributed by atoms with Crippen LogP contribution < -0.4 is 10.6 Å². The molecule has 5 nitrogen and oxygen atoms in total. The minimum atomic E-state index is -0.0713. The number of rotatable bonds is 3. The van der Waals surface area contributed by atoms with Crippen LogP contribution in [0.3, 0.4) is 0 Å². The molecule has 6 heteroatoms. The summed E-state index contributed by atoms with van der Waals surface area (Å²) in [6, 6.07) is 7.99. The van der Waals surface area contributed by atoms with Gasteiger partial charge in [0.2, 0.25) is 0 Å². The molecule has 1 aromatic carbocycles. The zero-order valence-electron chi connectivity index (χ0n) is 11.8. The van der Waals surface area contributed by atoms with Crippen molar-refractivity contribution in [2.75, 3.05) is 19.4 Å². The second-order valence-electron chi connectivity index (χ2n) is 5.07. The zero-order chi connectivity index (χ0) is 15.0. The molecule has 1 aliphatic rings. The molecule has 2 heterocycles. The molecule has 0 bridgehead atoms. The van der Waals surface area contributed by atoms with Crippen LogP contribution in [-0.4, -0.2) is 25.0 Å². The fourth-order valence-corrected chi connectivity index (χ4v) is 3.06. The summed E-state index contributed by atoms with van der Waals surface area (Å²) >= 11 is 3.43. The summed E-state index contributed by atoms with van der Waals surface area (Å²) in [5, 5.41) is 6.18. The van der Waals surface area contributed by atoms with Crippen LogP contribution in [0.15, 0.2) is 39.6 Å². The van der Waals surface area contributed by atoms with Crippen molar-refractivity contribution in [3.05, 3.63) is 51.9 Å². The highest BCUT2D eigenvalue weighted by Gasteiger charge is 2.22. The van der Waals surface area contributed by atoms with E-state index < -0.39 is 0 Å². The van der Waals surface area contributed by atoms with Gasteiger partial charge in [0.1, 0.15) is 0 Å². The molecule has 1 aliphatic heterocycles. The van der Waals surface area contributed by atoms with Crippen LogP contribution in [0.2, 0.25) is 0 Å². The van der Waals surface area contributed by atoms with Crippen molar-refractivity contribution < 1.29 is 9.21 Å². The van der Waals surface area contributed by atoms with E-state index >= 15 is 0 Å². The quantitative estimate of drug-likeness (QED) is 0.893. The first kappa shape index (κ1) is 14.2. The van der Waals surface area contributed by atoms with Crippen LogP contribution in [0.1, 0.15) is 22.7 Å². The van der Waals surface area contributed by atoms with E-state index in [2.05, 4.69) is 32.6 Å². The number of urea groups is 1. The predicted molar refractivity (Wildman–Crippen MR) is 84.2 cm³/mol. The Kier molecular flexibility index (Phi) is 3.73. The lowest BCUT2D eigenvalue weighted by Gasteiger charge is -2.27. The van der Waals surface area contributed by atoms with Crippen LogP contribution in [0, 0.1) is 0 Å². The summed E-state index contributed by atoms with van der Waals surface area (Å²) in [7, 11) is 3.70. The Labute approximate surface area is 131 Å². The molecule has 2 amide bonds. The van der Waals surface area contributed by atoms with Crippen LogP contribution in [-0.2, 0) is 6.54 Å². The number of benzene rings is 1. The van der Waals surface area contributed by atoms with Crippen molar-refractivity contribution >= 4 is 27.6 Å². The molecule has 21 heavy (non-hydrogen) atoms.